The number of carbonyl (C=O) groups excluding carboxylic acids is 1. The van der Waals surface area contributed by atoms with E-state index in [1.165, 1.54) is 0 Å². The second-order valence-corrected chi connectivity index (χ2v) is 7.95. The zero-order valence-electron chi connectivity index (χ0n) is 16.6. The van der Waals surface area contributed by atoms with E-state index in [0.717, 1.165) is 34.3 Å². The summed E-state index contributed by atoms with van der Waals surface area (Å²) in [7, 11) is 0. The molecule has 148 valence electrons. The minimum Gasteiger partial charge on any atom is -0.300 e. The molecule has 0 saturated heterocycles. The first-order valence-electron chi connectivity index (χ1n) is 9.70. The SMILES string of the molecule is CC(=O)CC[C@@H]1N=C(c2ccccn2)c2cc(Cl)ccc2-n2c(C(C)C)nnc21. The fourth-order valence-electron chi connectivity index (χ4n) is 3.56. The molecular formula is C22H22ClN5O. The van der Waals surface area contributed by atoms with Gasteiger partial charge >= 0.3 is 0 Å². The zero-order valence-corrected chi connectivity index (χ0v) is 17.4. The normalized spacial score (nSPS) is 15.5. The number of aliphatic imine (C=N–C) groups is 1. The molecule has 0 N–H and O–H groups in total. The number of carbonyl (C=O) groups is 1. The number of halogens is 1. The quantitative estimate of drug-likeness (QED) is 0.614. The van der Waals surface area contributed by atoms with Gasteiger partial charge in [0.25, 0.3) is 0 Å². The first-order valence-corrected chi connectivity index (χ1v) is 10.1. The Morgan fingerprint density at radius 2 is 2.03 bits per heavy atom. The van der Waals surface area contributed by atoms with Crippen LogP contribution in [0.4, 0.5) is 0 Å². The summed E-state index contributed by atoms with van der Waals surface area (Å²) in [6, 6.07) is 11.2. The van der Waals surface area contributed by atoms with Crippen molar-refractivity contribution in [2.45, 2.75) is 45.6 Å². The number of Topliss-reactive ketones (excluding diaryl/α,β-unsaturated/α-hetero) is 1. The van der Waals surface area contributed by atoms with Gasteiger partial charge in [-0.2, -0.15) is 0 Å². The molecule has 0 bridgehead atoms. The van der Waals surface area contributed by atoms with Crippen molar-refractivity contribution < 1.29 is 4.79 Å². The smallest absolute Gasteiger partial charge is 0.162 e. The highest BCUT2D eigenvalue weighted by Gasteiger charge is 2.30. The summed E-state index contributed by atoms with van der Waals surface area (Å²) in [6.07, 6.45) is 2.73. The van der Waals surface area contributed by atoms with Crippen molar-refractivity contribution in [1.29, 1.82) is 0 Å². The van der Waals surface area contributed by atoms with Crippen molar-refractivity contribution in [3.63, 3.8) is 0 Å². The summed E-state index contributed by atoms with van der Waals surface area (Å²) < 4.78 is 2.07. The second kappa shape index (κ2) is 7.87. The lowest BCUT2D eigenvalue weighted by Crippen LogP contribution is -2.11. The highest BCUT2D eigenvalue weighted by atomic mass is 35.5. The minimum atomic E-state index is -0.304. The van der Waals surface area contributed by atoms with E-state index in [9.17, 15) is 4.79 Å². The Labute approximate surface area is 174 Å². The van der Waals surface area contributed by atoms with Gasteiger partial charge < -0.3 is 4.79 Å². The molecule has 0 aliphatic carbocycles. The molecule has 0 amide bonds. The maximum absolute atomic E-state index is 11.7. The van der Waals surface area contributed by atoms with E-state index in [4.69, 9.17) is 16.6 Å². The van der Waals surface area contributed by atoms with E-state index >= 15 is 0 Å². The molecule has 1 aliphatic rings. The molecule has 0 radical (unpaired) electrons. The predicted octanol–water partition coefficient (Wildman–Crippen LogP) is 4.70. The Balaban J connectivity index is 2.00. The van der Waals surface area contributed by atoms with Gasteiger partial charge in [0.15, 0.2) is 5.82 Å². The number of nitrogens with zero attached hydrogens (tertiary/aromatic N) is 5. The molecule has 2 aromatic heterocycles. The van der Waals surface area contributed by atoms with Crippen LogP contribution in [-0.2, 0) is 4.79 Å². The van der Waals surface area contributed by atoms with Crippen molar-refractivity contribution in [2.24, 2.45) is 4.99 Å². The van der Waals surface area contributed by atoms with E-state index in [-0.39, 0.29) is 17.7 Å². The monoisotopic (exact) mass is 407 g/mol. The average Bonchev–Trinajstić information content (AvgIpc) is 3.08. The molecular weight excluding hydrogens is 386 g/mol. The van der Waals surface area contributed by atoms with E-state index in [2.05, 4.69) is 33.6 Å². The Morgan fingerprint density at radius 1 is 1.21 bits per heavy atom. The largest absolute Gasteiger partial charge is 0.300 e. The van der Waals surface area contributed by atoms with Crippen molar-refractivity contribution in [3.05, 3.63) is 70.5 Å². The first-order chi connectivity index (χ1) is 14.0. The molecule has 29 heavy (non-hydrogen) atoms. The van der Waals surface area contributed by atoms with Crippen LogP contribution in [0.1, 0.15) is 68.5 Å². The highest BCUT2D eigenvalue weighted by molar-refractivity contribution is 6.31. The second-order valence-electron chi connectivity index (χ2n) is 7.52. The van der Waals surface area contributed by atoms with Gasteiger partial charge in [-0.15, -0.1) is 10.2 Å². The Hall–Kier alpha value is -2.86. The van der Waals surface area contributed by atoms with Crippen molar-refractivity contribution in [3.8, 4) is 5.69 Å². The van der Waals surface area contributed by atoms with Crippen LogP contribution in [0.15, 0.2) is 47.6 Å². The maximum Gasteiger partial charge on any atom is 0.162 e. The third-order valence-corrected chi connectivity index (χ3v) is 5.18. The number of ketones is 1. The topological polar surface area (TPSA) is 73.0 Å². The Bertz CT molecular complexity index is 1090. The molecule has 6 nitrogen and oxygen atoms in total. The number of aromatic nitrogens is 4. The van der Waals surface area contributed by atoms with Crippen LogP contribution in [0.25, 0.3) is 5.69 Å². The van der Waals surface area contributed by atoms with Crippen LogP contribution in [0.2, 0.25) is 5.02 Å². The van der Waals surface area contributed by atoms with Crippen LogP contribution in [0.5, 0.6) is 0 Å². The van der Waals surface area contributed by atoms with Gasteiger partial charge in [-0.25, -0.2) is 0 Å². The molecule has 4 rings (SSSR count). The van der Waals surface area contributed by atoms with E-state index in [0.29, 0.717) is 17.9 Å². The summed E-state index contributed by atoms with van der Waals surface area (Å²) in [5.41, 5.74) is 3.31. The number of benzene rings is 1. The summed E-state index contributed by atoms with van der Waals surface area (Å²) in [6.45, 7) is 5.77. The number of rotatable bonds is 5. The van der Waals surface area contributed by atoms with E-state index < -0.39 is 0 Å². The van der Waals surface area contributed by atoms with Crippen molar-refractivity contribution in [2.75, 3.05) is 0 Å². The molecule has 0 spiro atoms. The molecule has 3 heterocycles. The van der Waals surface area contributed by atoms with Crippen molar-refractivity contribution >= 4 is 23.1 Å². The maximum atomic E-state index is 11.7. The van der Waals surface area contributed by atoms with Gasteiger partial charge in [-0.3, -0.25) is 14.5 Å². The van der Waals surface area contributed by atoms with Gasteiger partial charge in [0.2, 0.25) is 0 Å². The summed E-state index contributed by atoms with van der Waals surface area (Å²) in [5, 5.41) is 9.55. The molecule has 3 aromatic rings. The van der Waals surface area contributed by atoms with Gasteiger partial charge in [-0.05, 0) is 43.7 Å². The van der Waals surface area contributed by atoms with Crippen LogP contribution >= 0.6 is 11.6 Å². The van der Waals surface area contributed by atoms with Crippen molar-refractivity contribution in [1.82, 2.24) is 19.7 Å². The van der Waals surface area contributed by atoms with Crippen LogP contribution in [0.3, 0.4) is 0 Å². The summed E-state index contributed by atoms with van der Waals surface area (Å²) >= 11 is 6.36. The van der Waals surface area contributed by atoms with Gasteiger partial charge in [-0.1, -0.05) is 31.5 Å². The molecule has 1 aromatic carbocycles. The Morgan fingerprint density at radius 3 is 2.72 bits per heavy atom. The fraction of sp³-hybridized carbons (Fsp3) is 0.318. The van der Waals surface area contributed by atoms with Gasteiger partial charge in [0.05, 0.1) is 17.1 Å². The van der Waals surface area contributed by atoms with E-state index in [1.54, 1.807) is 13.1 Å². The van der Waals surface area contributed by atoms with Crippen LogP contribution in [0, 0.1) is 0 Å². The molecule has 1 aliphatic heterocycles. The number of pyridine rings is 1. The molecule has 0 unspecified atom stereocenters. The third-order valence-electron chi connectivity index (χ3n) is 4.94. The lowest BCUT2D eigenvalue weighted by Gasteiger charge is -2.15. The Kier molecular flexibility index (Phi) is 5.28. The highest BCUT2D eigenvalue weighted by Crippen LogP contribution is 2.35. The fourth-order valence-corrected chi connectivity index (χ4v) is 3.73. The zero-order chi connectivity index (χ0) is 20.5. The van der Waals surface area contributed by atoms with Gasteiger partial charge in [0.1, 0.15) is 17.6 Å². The third kappa shape index (κ3) is 3.72. The predicted molar refractivity (Wildman–Crippen MR) is 113 cm³/mol. The molecule has 0 saturated carbocycles. The average molecular weight is 408 g/mol. The van der Waals surface area contributed by atoms with E-state index in [1.807, 2.05) is 36.4 Å². The number of fused-ring (bicyclic) bond motifs is 3. The number of hydrogen-bond acceptors (Lipinski definition) is 5. The lowest BCUT2D eigenvalue weighted by atomic mass is 10.0. The molecule has 1 atom stereocenters. The van der Waals surface area contributed by atoms with Gasteiger partial charge in [0, 0.05) is 29.1 Å². The summed E-state index contributed by atoms with van der Waals surface area (Å²) in [5.74, 6) is 1.89. The van der Waals surface area contributed by atoms with Crippen LogP contribution < -0.4 is 0 Å². The first kappa shape index (κ1) is 19.5. The lowest BCUT2D eigenvalue weighted by molar-refractivity contribution is -0.117. The minimum absolute atomic E-state index is 0.125. The molecule has 7 heteroatoms. The molecule has 0 fully saturated rings. The number of hydrogen-bond donors (Lipinski definition) is 0. The standard InChI is InChI=1S/C22H22ClN5O/c1-13(2)21-26-27-22-18(9-7-14(3)29)25-20(17-6-4-5-11-24-17)16-12-15(23)8-10-19(16)28(21)22/h4-6,8,10-13,18H,7,9H2,1-3H3/t18-/m0/s1. The summed E-state index contributed by atoms with van der Waals surface area (Å²) in [4.78, 5) is 21.2. The van der Waals surface area contributed by atoms with Crippen LogP contribution in [-0.4, -0.2) is 31.2 Å².